The molecule has 28 heavy (non-hydrogen) atoms. The number of hydrazone groups is 1. The van der Waals surface area contributed by atoms with E-state index in [4.69, 9.17) is 21.1 Å². The van der Waals surface area contributed by atoms with Crippen LogP contribution in [0.4, 0.5) is 0 Å². The molecule has 1 N–H and O–H groups in total. The fourth-order valence-corrected chi connectivity index (χ4v) is 3.03. The Bertz CT molecular complexity index is 946. The highest BCUT2D eigenvalue weighted by Crippen LogP contribution is 2.23. The van der Waals surface area contributed by atoms with Crippen LogP contribution in [-0.2, 0) is 13.2 Å². The van der Waals surface area contributed by atoms with E-state index in [1.807, 2.05) is 60.7 Å². The van der Waals surface area contributed by atoms with Gasteiger partial charge in [0.05, 0.1) is 19.9 Å². The zero-order chi connectivity index (χ0) is 19.8. The van der Waals surface area contributed by atoms with E-state index in [9.17, 15) is 0 Å². The highest BCUT2D eigenvalue weighted by molar-refractivity contribution is 9.10. The number of rotatable bonds is 8. The van der Waals surface area contributed by atoms with Crippen LogP contribution >= 0.6 is 27.5 Å². The summed E-state index contributed by atoms with van der Waals surface area (Å²) in [6.07, 6.45) is 1.71. The molecule has 6 heteroatoms. The van der Waals surface area contributed by atoms with Gasteiger partial charge in [-0.15, -0.1) is 0 Å². The quantitative estimate of drug-likeness (QED) is 0.341. The van der Waals surface area contributed by atoms with Crippen LogP contribution in [0.5, 0.6) is 11.5 Å². The Morgan fingerprint density at radius 3 is 2.61 bits per heavy atom. The van der Waals surface area contributed by atoms with Gasteiger partial charge in [-0.25, -0.2) is 0 Å². The molecule has 4 nitrogen and oxygen atoms in total. The van der Waals surface area contributed by atoms with Crippen LogP contribution in [0.3, 0.4) is 0 Å². The summed E-state index contributed by atoms with van der Waals surface area (Å²) in [7, 11) is 1.66. The lowest BCUT2D eigenvalue weighted by molar-refractivity contribution is 0.306. The van der Waals surface area contributed by atoms with Crippen molar-refractivity contribution in [1.82, 2.24) is 5.43 Å². The van der Waals surface area contributed by atoms with E-state index in [0.717, 1.165) is 32.7 Å². The topological polar surface area (TPSA) is 42.8 Å². The van der Waals surface area contributed by atoms with Gasteiger partial charge in [-0.1, -0.05) is 57.9 Å². The summed E-state index contributed by atoms with van der Waals surface area (Å²) >= 11 is 9.57. The summed E-state index contributed by atoms with van der Waals surface area (Å²) in [6.45, 7) is 1.01. The zero-order valence-corrected chi connectivity index (χ0v) is 17.7. The summed E-state index contributed by atoms with van der Waals surface area (Å²) in [5.41, 5.74) is 5.95. The number of hydrogen-bond acceptors (Lipinski definition) is 4. The maximum Gasteiger partial charge on any atom is 0.128 e. The summed E-state index contributed by atoms with van der Waals surface area (Å²) in [6, 6.07) is 21.3. The third kappa shape index (κ3) is 5.75. The Balaban J connectivity index is 1.64. The fraction of sp³-hybridized carbons (Fsp3) is 0.136. The number of ether oxygens (including phenoxy) is 2. The Morgan fingerprint density at radius 2 is 1.82 bits per heavy atom. The first-order valence-corrected chi connectivity index (χ1v) is 9.87. The third-order valence-electron chi connectivity index (χ3n) is 4.04. The van der Waals surface area contributed by atoms with Crippen molar-refractivity contribution in [2.75, 3.05) is 7.11 Å². The number of halogens is 2. The predicted molar refractivity (Wildman–Crippen MR) is 117 cm³/mol. The van der Waals surface area contributed by atoms with Gasteiger partial charge < -0.3 is 14.9 Å². The van der Waals surface area contributed by atoms with E-state index >= 15 is 0 Å². The van der Waals surface area contributed by atoms with E-state index in [1.54, 1.807) is 19.4 Å². The Kier molecular flexibility index (Phi) is 7.34. The largest absolute Gasteiger partial charge is 0.496 e. The lowest BCUT2D eigenvalue weighted by Gasteiger charge is -2.10. The van der Waals surface area contributed by atoms with Crippen LogP contribution in [0.15, 0.2) is 76.3 Å². The summed E-state index contributed by atoms with van der Waals surface area (Å²) < 4.78 is 12.3. The maximum atomic E-state index is 6.14. The molecule has 0 bridgehead atoms. The van der Waals surface area contributed by atoms with E-state index in [0.29, 0.717) is 18.2 Å². The summed E-state index contributed by atoms with van der Waals surface area (Å²) in [5.74, 6) is 1.54. The highest BCUT2D eigenvalue weighted by Gasteiger charge is 2.04. The molecule has 0 saturated heterocycles. The second kappa shape index (κ2) is 10.2. The zero-order valence-electron chi connectivity index (χ0n) is 15.4. The number of hydrogen-bond donors (Lipinski definition) is 1. The molecule has 0 amide bonds. The fourth-order valence-electron chi connectivity index (χ4n) is 2.59. The molecule has 3 rings (SSSR count). The molecule has 144 valence electrons. The molecule has 0 fully saturated rings. The minimum atomic E-state index is 0.463. The molecule has 0 saturated carbocycles. The molecular weight excluding hydrogens is 440 g/mol. The van der Waals surface area contributed by atoms with Crippen molar-refractivity contribution in [3.05, 3.63) is 92.9 Å². The molecule has 0 aliphatic rings. The van der Waals surface area contributed by atoms with Crippen LogP contribution in [0.2, 0.25) is 5.02 Å². The normalized spacial score (nSPS) is 10.8. The molecule has 0 spiro atoms. The number of nitrogens with one attached hydrogen (secondary N) is 1. The van der Waals surface area contributed by atoms with Crippen molar-refractivity contribution in [2.24, 2.45) is 5.10 Å². The van der Waals surface area contributed by atoms with Gasteiger partial charge in [-0.3, -0.25) is 0 Å². The predicted octanol–water partition coefficient (Wildman–Crippen LogP) is 5.81. The number of para-hydroxylation sites is 1. The molecule has 0 heterocycles. The molecule has 0 radical (unpaired) electrons. The summed E-state index contributed by atoms with van der Waals surface area (Å²) in [5, 5.41) is 4.93. The number of benzene rings is 3. The van der Waals surface area contributed by atoms with Crippen molar-refractivity contribution in [3.8, 4) is 11.5 Å². The van der Waals surface area contributed by atoms with Gasteiger partial charge >= 0.3 is 0 Å². The van der Waals surface area contributed by atoms with Gasteiger partial charge in [0.1, 0.15) is 18.1 Å². The molecule has 3 aromatic rings. The van der Waals surface area contributed by atoms with Crippen molar-refractivity contribution < 1.29 is 9.47 Å². The first kappa shape index (κ1) is 20.2. The standard InChI is InChI=1S/C22H20BrClN2O2/c1-27-21-5-3-2-4-17(21)13-25-26-14-18-12-20(24)10-11-22(18)28-15-16-6-8-19(23)9-7-16/h2-12,14,25H,13,15H2,1H3/b26-14+. The van der Waals surface area contributed by atoms with Gasteiger partial charge in [0.25, 0.3) is 0 Å². The smallest absolute Gasteiger partial charge is 0.128 e. The first-order valence-electron chi connectivity index (χ1n) is 8.70. The van der Waals surface area contributed by atoms with Crippen molar-refractivity contribution in [3.63, 3.8) is 0 Å². The third-order valence-corrected chi connectivity index (χ3v) is 4.80. The number of methoxy groups -OCH3 is 1. The van der Waals surface area contributed by atoms with Gasteiger partial charge in [-0.05, 0) is 42.0 Å². The van der Waals surface area contributed by atoms with Gasteiger partial charge in [0.15, 0.2) is 0 Å². The van der Waals surface area contributed by atoms with E-state index in [-0.39, 0.29) is 0 Å². The maximum absolute atomic E-state index is 6.14. The van der Waals surface area contributed by atoms with Gasteiger partial charge in [-0.2, -0.15) is 5.10 Å². The molecule has 3 aromatic carbocycles. The first-order chi connectivity index (χ1) is 13.7. The van der Waals surface area contributed by atoms with Gasteiger partial charge in [0.2, 0.25) is 0 Å². The van der Waals surface area contributed by atoms with Crippen LogP contribution in [0.25, 0.3) is 0 Å². The molecule has 0 atom stereocenters. The average molecular weight is 460 g/mol. The SMILES string of the molecule is COc1ccccc1CN/N=C/c1cc(Cl)ccc1OCc1ccc(Br)cc1. The monoisotopic (exact) mass is 458 g/mol. The molecule has 0 aliphatic carbocycles. The minimum absolute atomic E-state index is 0.463. The highest BCUT2D eigenvalue weighted by atomic mass is 79.9. The summed E-state index contributed by atoms with van der Waals surface area (Å²) in [4.78, 5) is 0. The second-order valence-electron chi connectivity index (χ2n) is 6.00. The average Bonchev–Trinajstić information content (AvgIpc) is 2.72. The van der Waals surface area contributed by atoms with Crippen LogP contribution < -0.4 is 14.9 Å². The van der Waals surface area contributed by atoms with Crippen molar-refractivity contribution >= 4 is 33.7 Å². The number of nitrogens with zero attached hydrogens (tertiary/aromatic N) is 1. The van der Waals surface area contributed by atoms with Gasteiger partial charge in [0, 0.05) is 20.6 Å². The van der Waals surface area contributed by atoms with Crippen LogP contribution in [0.1, 0.15) is 16.7 Å². The second-order valence-corrected chi connectivity index (χ2v) is 7.35. The lowest BCUT2D eigenvalue weighted by atomic mass is 10.2. The Morgan fingerprint density at radius 1 is 1.04 bits per heavy atom. The van der Waals surface area contributed by atoms with Crippen molar-refractivity contribution in [2.45, 2.75) is 13.2 Å². The van der Waals surface area contributed by atoms with E-state index in [2.05, 4.69) is 26.5 Å². The molecule has 0 aromatic heterocycles. The molecule has 0 unspecified atom stereocenters. The molecular formula is C22H20BrClN2O2. The van der Waals surface area contributed by atoms with Crippen molar-refractivity contribution in [1.29, 1.82) is 0 Å². The minimum Gasteiger partial charge on any atom is -0.496 e. The van der Waals surface area contributed by atoms with Crippen LogP contribution in [-0.4, -0.2) is 13.3 Å². The lowest BCUT2D eigenvalue weighted by Crippen LogP contribution is -2.07. The molecule has 0 aliphatic heterocycles. The Labute approximate surface area is 178 Å². The Hall–Kier alpha value is -2.50. The van der Waals surface area contributed by atoms with E-state index < -0.39 is 0 Å². The van der Waals surface area contributed by atoms with Crippen LogP contribution in [0, 0.1) is 0 Å². The van der Waals surface area contributed by atoms with E-state index in [1.165, 1.54) is 0 Å².